The van der Waals surface area contributed by atoms with Crippen molar-refractivity contribution in [1.82, 2.24) is 4.90 Å². The third kappa shape index (κ3) is 5.05. The fourth-order valence-electron chi connectivity index (χ4n) is 2.31. The molecule has 4 nitrogen and oxygen atoms in total. The van der Waals surface area contributed by atoms with Crippen molar-refractivity contribution in [3.05, 3.63) is 63.6 Å². The summed E-state index contributed by atoms with van der Waals surface area (Å²) in [5, 5.41) is 3.85. The van der Waals surface area contributed by atoms with Crippen molar-refractivity contribution in [3.63, 3.8) is 0 Å². The molecule has 0 saturated heterocycles. The van der Waals surface area contributed by atoms with E-state index in [0.717, 1.165) is 5.56 Å². The van der Waals surface area contributed by atoms with Crippen LogP contribution in [-0.4, -0.2) is 29.7 Å². The third-order valence-electron chi connectivity index (χ3n) is 4.05. The van der Waals surface area contributed by atoms with E-state index in [-0.39, 0.29) is 17.7 Å². The van der Waals surface area contributed by atoms with Crippen LogP contribution in [-0.2, 0) is 11.3 Å². The summed E-state index contributed by atoms with van der Waals surface area (Å²) in [6, 6.07) is 11.9. The van der Waals surface area contributed by atoms with E-state index >= 15 is 0 Å². The minimum absolute atomic E-state index is 0.00983. The summed E-state index contributed by atoms with van der Waals surface area (Å²) < 4.78 is 0. The number of rotatable bonds is 6. The lowest BCUT2D eigenvalue weighted by Gasteiger charge is -2.24. The highest BCUT2D eigenvalue weighted by Crippen LogP contribution is 2.26. The molecule has 0 bridgehead atoms. The van der Waals surface area contributed by atoms with E-state index in [1.807, 2.05) is 31.0 Å². The molecule has 0 aliphatic heterocycles. The molecule has 132 valence electrons. The monoisotopic (exact) mass is 378 g/mol. The van der Waals surface area contributed by atoms with E-state index in [9.17, 15) is 9.59 Å². The number of benzene rings is 2. The smallest absolute Gasteiger partial charge is 0.241 e. The first-order valence-corrected chi connectivity index (χ1v) is 8.60. The van der Waals surface area contributed by atoms with Gasteiger partial charge in [0, 0.05) is 17.8 Å². The zero-order valence-corrected chi connectivity index (χ0v) is 15.9. The van der Waals surface area contributed by atoms with Gasteiger partial charge in [0.1, 0.15) is 0 Å². The van der Waals surface area contributed by atoms with E-state index < -0.39 is 0 Å². The first kappa shape index (κ1) is 19.4. The van der Waals surface area contributed by atoms with Crippen LogP contribution in [0.1, 0.15) is 29.8 Å². The Bertz CT molecular complexity index is 775. The quantitative estimate of drug-likeness (QED) is 0.743. The second-order valence-electron chi connectivity index (χ2n) is 5.93. The van der Waals surface area contributed by atoms with Crippen molar-refractivity contribution < 1.29 is 9.59 Å². The molecule has 2 aromatic carbocycles. The Balaban J connectivity index is 2.01. The van der Waals surface area contributed by atoms with Crippen LogP contribution in [0.5, 0.6) is 0 Å². The van der Waals surface area contributed by atoms with E-state index in [4.69, 9.17) is 23.2 Å². The second kappa shape index (κ2) is 8.48. The highest BCUT2D eigenvalue weighted by molar-refractivity contribution is 6.42. The number of carbonyl (C=O) groups is 2. The van der Waals surface area contributed by atoms with Crippen molar-refractivity contribution in [1.29, 1.82) is 0 Å². The number of nitrogens with one attached hydrogen (secondary N) is 1. The number of hydrogen-bond donors (Lipinski definition) is 1. The van der Waals surface area contributed by atoms with E-state index in [1.165, 1.54) is 6.92 Å². The molecule has 0 fully saturated rings. The number of ketones is 1. The summed E-state index contributed by atoms with van der Waals surface area (Å²) in [6.07, 6.45) is 0. The molecule has 2 aromatic rings. The Hall–Kier alpha value is -1.88. The maximum Gasteiger partial charge on any atom is 0.241 e. The maximum absolute atomic E-state index is 12.4. The summed E-state index contributed by atoms with van der Waals surface area (Å²) >= 11 is 12.2. The van der Waals surface area contributed by atoms with Crippen molar-refractivity contribution in [2.45, 2.75) is 26.4 Å². The molecule has 6 heteroatoms. The van der Waals surface area contributed by atoms with E-state index in [1.54, 1.807) is 30.3 Å². The Morgan fingerprint density at radius 2 is 1.76 bits per heavy atom. The lowest BCUT2D eigenvalue weighted by atomic mass is 10.1. The summed E-state index contributed by atoms with van der Waals surface area (Å²) in [7, 11) is 1.85. The van der Waals surface area contributed by atoms with Gasteiger partial charge in [-0.05, 0) is 56.8 Å². The van der Waals surface area contributed by atoms with Gasteiger partial charge in [0.2, 0.25) is 5.91 Å². The molecule has 1 N–H and O–H groups in total. The third-order valence-corrected chi connectivity index (χ3v) is 4.91. The maximum atomic E-state index is 12.4. The van der Waals surface area contributed by atoms with Gasteiger partial charge in [-0.15, -0.1) is 0 Å². The normalized spacial score (nSPS) is 12.1. The molecular formula is C19H20Cl2N2O2. The van der Waals surface area contributed by atoms with Gasteiger partial charge in [0.05, 0.1) is 16.1 Å². The SMILES string of the molecule is CC(=O)c1ccc(NC(=O)[C@H](C)N(C)Cc2cccc(Cl)c2Cl)cc1. The fourth-order valence-corrected chi connectivity index (χ4v) is 2.69. The van der Waals surface area contributed by atoms with Gasteiger partial charge in [-0.3, -0.25) is 14.5 Å². The Kier molecular flexibility index (Phi) is 6.59. The van der Waals surface area contributed by atoms with Crippen LogP contribution >= 0.6 is 23.2 Å². The summed E-state index contributed by atoms with van der Waals surface area (Å²) in [4.78, 5) is 25.6. The average molecular weight is 379 g/mol. The summed E-state index contributed by atoms with van der Waals surface area (Å²) in [5.41, 5.74) is 2.12. The van der Waals surface area contributed by atoms with Crippen molar-refractivity contribution >= 4 is 40.6 Å². The molecule has 0 aliphatic rings. The molecular weight excluding hydrogens is 359 g/mol. The standard InChI is InChI=1S/C19H20Cl2N2O2/c1-12(23(3)11-15-5-4-6-17(20)18(15)21)19(25)22-16-9-7-14(8-10-16)13(2)24/h4-10,12H,11H2,1-3H3,(H,22,25)/t12-/m0/s1. The van der Waals surface area contributed by atoms with Crippen LogP contribution in [0, 0.1) is 0 Å². The first-order chi connectivity index (χ1) is 11.8. The van der Waals surface area contributed by atoms with E-state index in [2.05, 4.69) is 5.32 Å². The predicted octanol–water partition coefficient (Wildman–Crippen LogP) is 4.66. The Labute approximate surface area is 157 Å². The Morgan fingerprint density at radius 3 is 2.36 bits per heavy atom. The number of likely N-dealkylation sites (N-methyl/N-ethyl adjacent to an activating group) is 1. The zero-order valence-electron chi connectivity index (χ0n) is 14.3. The van der Waals surface area contributed by atoms with Crippen molar-refractivity contribution in [2.24, 2.45) is 0 Å². The average Bonchev–Trinajstić information content (AvgIpc) is 2.58. The number of Topliss-reactive ketones (excluding diaryl/α,β-unsaturated/α-hetero) is 1. The number of nitrogens with zero attached hydrogens (tertiary/aromatic N) is 1. The molecule has 0 unspecified atom stereocenters. The van der Waals surface area contributed by atoms with Gasteiger partial charge >= 0.3 is 0 Å². The van der Waals surface area contributed by atoms with Crippen LogP contribution in [0.4, 0.5) is 5.69 Å². The molecule has 0 aromatic heterocycles. The van der Waals surface area contributed by atoms with Crippen LogP contribution in [0.15, 0.2) is 42.5 Å². The minimum atomic E-state index is -0.373. The summed E-state index contributed by atoms with van der Waals surface area (Å²) in [6.45, 7) is 3.82. The van der Waals surface area contributed by atoms with Gasteiger partial charge in [0.25, 0.3) is 0 Å². The van der Waals surface area contributed by atoms with Crippen LogP contribution in [0.3, 0.4) is 0 Å². The van der Waals surface area contributed by atoms with Crippen molar-refractivity contribution in [2.75, 3.05) is 12.4 Å². The predicted molar refractivity (Wildman–Crippen MR) is 102 cm³/mol. The van der Waals surface area contributed by atoms with Crippen molar-refractivity contribution in [3.8, 4) is 0 Å². The van der Waals surface area contributed by atoms with Gasteiger partial charge in [-0.25, -0.2) is 0 Å². The molecule has 1 atom stereocenters. The lowest BCUT2D eigenvalue weighted by molar-refractivity contribution is -0.120. The molecule has 0 spiro atoms. The highest BCUT2D eigenvalue weighted by atomic mass is 35.5. The lowest BCUT2D eigenvalue weighted by Crippen LogP contribution is -2.39. The molecule has 2 rings (SSSR count). The molecule has 0 saturated carbocycles. The second-order valence-corrected chi connectivity index (χ2v) is 6.71. The molecule has 0 radical (unpaired) electrons. The minimum Gasteiger partial charge on any atom is -0.325 e. The number of anilines is 1. The van der Waals surface area contributed by atoms with Gasteiger partial charge in [-0.1, -0.05) is 35.3 Å². The Morgan fingerprint density at radius 1 is 1.12 bits per heavy atom. The molecule has 0 heterocycles. The van der Waals surface area contributed by atoms with Crippen LogP contribution < -0.4 is 5.32 Å². The van der Waals surface area contributed by atoms with Crippen LogP contribution in [0.2, 0.25) is 10.0 Å². The topological polar surface area (TPSA) is 49.4 Å². The van der Waals surface area contributed by atoms with Gasteiger partial charge in [-0.2, -0.15) is 0 Å². The molecule has 0 aliphatic carbocycles. The van der Waals surface area contributed by atoms with E-state index in [0.29, 0.717) is 27.8 Å². The highest BCUT2D eigenvalue weighted by Gasteiger charge is 2.19. The van der Waals surface area contributed by atoms with Crippen LogP contribution in [0.25, 0.3) is 0 Å². The molecule has 25 heavy (non-hydrogen) atoms. The van der Waals surface area contributed by atoms with Gasteiger partial charge in [0.15, 0.2) is 5.78 Å². The largest absolute Gasteiger partial charge is 0.325 e. The molecule has 1 amide bonds. The number of halogens is 2. The first-order valence-electron chi connectivity index (χ1n) is 7.84. The number of amides is 1. The fraction of sp³-hybridized carbons (Fsp3) is 0.263. The zero-order chi connectivity index (χ0) is 18.6. The number of hydrogen-bond acceptors (Lipinski definition) is 3. The number of carbonyl (C=O) groups excluding carboxylic acids is 2. The van der Waals surface area contributed by atoms with Gasteiger partial charge < -0.3 is 5.32 Å². The summed E-state index contributed by atoms with van der Waals surface area (Å²) in [5.74, 6) is -0.152.